The second kappa shape index (κ2) is 4.87. The number of pyridine rings is 1. The number of nitrogens with zero attached hydrogens (tertiary/aromatic N) is 1. The number of fused-ring (bicyclic) bond motifs is 1. The molecule has 1 unspecified atom stereocenters. The van der Waals surface area contributed by atoms with Crippen LogP contribution in [0, 0.1) is 0 Å². The first-order chi connectivity index (χ1) is 8.89. The van der Waals surface area contributed by atoms with E-state index in [2.05, 4.69) is 4.98 Å². The fourth-order valence-corrected chi connectivity index (χ4v) is 1.99. The molecule has 0 saturated carbocycles. The molecule has 0 radical (unpaired) electrons. The number of carboxylic acids is 1. The Morgan fingerprint density at radius 2 is 1.95 bits per heavy atom. The fourth-order valence-electron chi connectivity index (χ4n) is 1.99. The molecule has 100 valence electrons. The highest BCUT2D eigenvalue weighted by atomic mass is 19.4. The molecule has 0 aliphatic carbocycles. The highest BCUT2D eigenvalue weighted by molar-refractivity contribution is 5.85. The minimum Gasteiger partial charge on any atom is -0.481 e. The summed E-state index contributed by atoms with van der Waals surface area (Å²) in [6, 6.07) is 6.47. The number of benzene rings is 1. The summed E-state index contributed by atoms with van der Waals surface area (Å²) < 4.78 is 39.0. The first-order valence-corrected chi connectivity index (χ1v) is 5.50. The fraction of sp³-hybridized carbons (Fsp3) is 0.231. The molecule has 0 aliphatic heterocycles. The largest absolute Gasteiger partial charge is 0.481 e. The van der Waals surface area contributed by atoms with Gasteiger partial charge in [0.25, 0.3) is 0 Å². The predicted octanol–water partition coefficient (Wildman–Crippen LogP) is 3.36. The van der Waals surface area contributed by atoms with Gasteiger partial charge in [-0.3, -0.25) is 9.78 Å². The van der Waals surface area contributed by atoms with Crippen LogP contribution in [-0.2, 0) is 4.79 Å². The van der Waals surface area contributed by atoms with Gasteiger partial charge in [0.1, 0.15) is 0 Å². The molecule has 1 atom stereocenters. The lowest BCUT2D eigenvalue weighted by atomic mass is 9.92. The van der Waals surface area contributed by atoms with Crippen molar-refractivity contribution >= 4 is 16.7 Å². The first-order valence-electron chi connectivity index (χ1n) is 5.50. The molecule has 6 heteroatoms. The maximum Gasteiger partial charge on any atom is 0.396 e. The molecule has 0 amide bonds. The maximum atomic E-state index is 13.0. The average Bonchev–Trinajstić information content (AvgIpc) is 2.34. The van der Waals surface area contributed by atoms with Crippen LogP contribution in [0.15, 0.2) is 36.7 Å². The Morgan fingerprint density at radius 1 is 1.26 bits per heavy atom. The Kier molecular flexibility index (Phi) is 3.42. The summed E-state index contributed by atoms with van der Waals surface area (Å²) in [6.07, 6.45) is -3.08. The molecule has 2 rings (SSSR count). The Labute approximate surface area is 106 Å². The third kappa shape index (κ3) is 2.83. The van der Waals surface area contributed by atoms with Gasteiger partial charge in [-0.15, -0.1) is 0 Å². The Morgan fingerprint density at radius 3 is 2.58 bits per heavy atom. The summed E-state index contributed by atoms with van der Waals surface area (Å²) in [5.74, 6) is -3.54. The summed E-state index contributed by atoms with van der Waals surface area (Å²) in [6.45, 7) is 0. The van der Waals surface area contributed by atoms with Crippen LogP contribution in [0.3, 0.4) is 0 Å². The van der Waals surface area contributed by atoms with Crippen LogP contribution in [0.2, 0.25) is 0 Å². The number of hydrogen-bond donors (Lipinski definition) is 1. The summed E-state index contributed by atoms with van der Waals surface area (Å²) in [4.78, 5) is 14.4. The molecule has 19 heavy (non-hydrogen) atoms. The van der Waals surface area contributed by atoms with Gasteiger partial charge in [-0.05, 0) is 10.9 Å². The van der Waals surface area contributed by atoms with Crippen LogP contribution in [0.4, 0.5) is 13.2 Å². The zero-order valence-electron chi connectivity index (χ0n) is 9.69. The predicted molar refractivity (Wildman–Crippen MR) is 62.8 cm³/mol. The molecular formula is C13H10F3NO2. The average molecular weight is 269 g/mol. The lowest BCUT2D eigenvalue weighted by molar-refractivity contribution is -0.163. The van der Waals surface area contributed by atoms with Crippen LogP contribution in [0.25, 0.3) is 10.8 Å². The summed E-state index contributed by atoms with van der Waals surface area (Å²) in [5, 5.41) is 9.59. The van der Waals surface area contributed by atoms with Crippen molar-refractivity contribution in [2.75, 3.05) is 0 Å². The number of alkyl halides is 3. The van der Waals surface area contributed by atoms with Gasteiger partial charge >= 0.3 is 12.1 Å². The SMILES string of the molecule is O=C(O)CC(c1cncc2ccccc12)C(F)(F)F. The third-order valence-electron chi connectivity index (χ3n) is 2.85. The van der Waals surface area contributed by atoms with Crippen molar-refractivity contribution in [3.8, 4) is 0 Å². The molecule has 0 fully saturated rings. The van der Waals surface area contributed by atoms with E-state index < -0.39 is 24.5 Å². The van der Waals surface area contributed by atoms with E-state index in [0.717, 1.165) is 6.20 Å². The van der Waals surface area contributed by atoms with E-state index in [4.69, 9.17) is 5.11 Å². The monoisotopic (exact) mass is 269 g/mol. The van der Waals surface area contributed by atoms with Gasteiger partial charge in [0.2, 0.25) is 0 Å². The number of halogens is 3. The van der Waals surface area contributed by atoms with Gasteiger partial charge in [0.15, 0.2) is 0 Å². The molecular weight excluding hydrogens is 259 g/mol. The van der Waals surface area contributed by atoms with E-state index in [1.807, 2.05) is 0 Å². The standard InChI is InChI=1S/C13H10F3NO2/c14-13(15,16)11(5-12(18)19)10-7-17-6-8-3-1-2-4-9(8)10/h1-4,6-7,11H,5H2,(H,18,19). The molecule has 1 N–H and O–H groups in total. The van der Waals surface area contributed by atoms with E-state index in [1.54, 1.807) is 18.2 Å². The quantitative estimate of drug-likeness (QED) is 0.929. The zero-order chi connectivity index (χ0) is 14.0. The molecule has 1 aromatic heterocycles. The summed E-state index contributed by atoms with van der Waals surface area (Å²) in [7, 11) is 0. The Bertz CT molecular complexity index is 605. The smallest absolute Gasteiger partial charge is 0.396 e. The van der Waals surface area contributed by atoms with E-state index in [-0.39, 0.29) is 5.56 Å². The molecule has 2 aromatic rings. The van der Waals surface area contributed by atoms with Gasteiger partial charge in [-0.2, -0.15) is 13.2 Å². The van der Waals surface area contributed by atoms with E-state index in [1.165, 1.54) is 12.3 Å². The minimum atomic E-state index is -4.62. The summed E-state index contributed by atoms with van der Waals surface area (Å²) >= 11 is 0. The van der Waals surface area contributed by atoms with Crippen molar-refractivity contribution in [3.05, 3.63) is 42.2 Å². The molecule has 3 nitrogen and oxygen atoms in total. The van der Waals surface area contributed by atoms with E-state index in [9.17, 15) is 18.0 Å². The Hall–Kier alpha value is -2.11. The van der Waals surface area contributed by atoms with E-state index >= 15 is 0 Å². The topological polar surface area (TPSA) is 50.2 Å². The Balaban J connectivity index is 2.59. The van der Waals surface area contributed by atoms with Crippen molar-refractivity contribution in [2.24, 2.45) is 0 Å². The number of hydrogen-bond acceptors (Lipinski definition) is 2. The second-order valence-electron chi connectivity index (χ2n) is 4.14. The second-order valence-corrected chi connectivity index (χ2v) is 4.14. The molecule has 0 aliphatic rings. The van der Waals surface area contributed by atoms with Gasteiger partial charge in [0, 0.05) is 17.8 Å². The van der Waals surface area contributed by atoms with Crippen LogP contribution >= 0.6 is 0 Å². The van der Waals surface area contributed by atoms with Crippen molar-refractivity contribution < 1.29 is 23.1 Å². The highest BCUT2D eigenvalue weighted by Crippen LogP contribution is 2.39. The van der Waals surface area contributed by atoms with Crippen molar-refractivity contribution in [2.45, 2.75) is 18.5 Å². The molecule has 0 saturated heterocycles. The van der Waals surface area contributed by atoms with Crippen LogP contribution in [-0.4, -0.2) is 22.2 Å². The van der Waals surface area contributed by atoms with Crippen molar-refractivity contribution in [1.82, 2.24) is 4.98 Å². The highest BCUT2D eigenvalue weighted by Gasteiger charge is 2.42. The lowest BCUT2D eigenvalue weighted by Crippen LogP contribution is -2.24. The van der Waals surface area contributed by atoms with Gasteiger partial charge in [0.05, 0.1) is 12.3 Å². The van der Waals surface area contributed by atoms with Crippen LogP contribution < -0.4 is 0 Å². The van der Waals surface area contributed by atoms with Crippen LogP contribution in [0.1, 0.15) is 17.9 Å². The molecule has 1 aromatic carbocycles. The normalized spacial score (nSPS) is 13.4. The van der Waals surface area contributed by atoms with Crippen molar-refractivity contribution in [3.63, 3.8) is 0 Å². The molecule has 1 heterocycles. The van der Waals surface area contributed by atoms with Gasteiger partial charge in [-0.1, -0.05) is 24.3 Å². The van der Waals surface area contributed by atoms with Gasteiger partial charge < -0.3 is 5.11 Å². The summed E-state index contributed by atoms with van der Waals surface area (Å²) in [5.41, 5.74) is -0.104. The minimum absolute atomic E-state index is 0.104. The number of carbonyl (C=O) groups is 1. The number of rotatable bonds is 3. The number of carboxylic acid groups (broad SMARTS) is 1. The number of aliphatic carboxylic acids is 1. The van der Waals surface area contributed by atoms with Crippen LogP contribution in [0.5, 0.6) is 0 Å². The lowest BCUT2D eigenvalue weighted by Gasteiger charge is -2.20. The molecule has 0 bridgehead atoms. The van der Waals surface area contributed by atoms with Crippen molar-refractivity contribution in [1.29, 1.82) is 0 Å². The third-order valence-corrected chi connectivity index (χ3v) is 2.85. The van der Waals surface area contributed by atoms with Gasteiger partial charge in [-0.25, -0.2) is 0 Å². The number of aromatic nitrogens is 1. The first kappa shape index (κ1) is 13.3. The van der Waals surface area contributed by atoms with E-state index in [0.29, 0.717) is 10.8 Å². The molecule has 0 spiro atoms. The zero-order valence-corrected chi connectivity index (χ0v) is 9.69. The maximum absolute atomic E-state index is 13.0.